The quantitative estimate of drug-likeness (QED) is 0.161. The Balaban J connectivity index is 0.000000440. The maximum absolute atomic E-state index is 10.3. The number of hydrogen-bond donors (Lipinski definition) is 4. The zero-order chi connectivity index (χ0) is 33.1. The molecule has 8 nitrogen and oxygen atoms in total. The molecule has 2 rings (SSSR count). The molecule has 2 aromatic carbocycles. The minimum atomic E-state index is -0.635. The Morgan fingerprint density at radius 2 is 0.886 bits per heavy atom. The smallest absolute Gasteiger partial charge is 0.118 e. The van der Waals surface area contributed by atoms with E-state index < -0.39 is 24.4 Å². The van der Waals surface area contributed by atoms with Crippen LogP contribution in [-0.2, 0) is 22.7 Å². The van der Waals surface area contributed by atoms with Gasteiger partial charge in [0.1, 0.15) is 11.5 Å². The van der Waals surface area contributed by atoms with Crippen molar-refractivity contribution in [2.24, 2.45) is 23.7 Å². The van der Waals surface area contributed by atoms with Crippen LogP contribution < -0.4 is 9.47 Å². The molecule has 0 unspecified atom stereocenters. The van der Waals surface area contributed by atoms with Gasteiger partial charge in [-0.15, -0.1) is 0 Å². The third-order valence-electron chi connectivity index (χ3n) is 7.72. The molecule has 0 fully saturated rings. The second-order valence-electron chi connectivity index (χ2n) is 11.4. The van der Waals surface area contributed by atoms with Crippen molar-refractivity contribution < 1.29 is 39.4 Å². The Morgan fingerprint density at radius 3 is 1.16 bits per heavy atom. The Labute approximate surface area is 265 Å². The van der Waals surface area contributed by atoms with Crippen LogP contribution in [0, 0.1) is 23.7 Å². The number of rotatable bonds is 18. The number of hydrogen-bond acceptors (Lipinski definition) is 8. The zero-order valence-electron chi connectivity index (χ0n) is 27.8. The fourth-order valence-electron chi connectivity index (χ4n) is 4.55. The SMILES string of the molecule is C/C=C/[C@@H](O)[C@H](C)[C@@H](O)[C@@H](C)COCc1ccc(OC)cc1.C/C=C/[C@@H](O)[C@H](C)[C@@H](O)[C@@H](C)COCc1ccc(OC)cc1. The van der Waals surface area contributed by atoms with Crippen LogP contribution in [-0.4, -0.2) is 72.3 Å². The fraction of sp³-hybridized carbons (Fsp3) is 0.556. The van der Waals surface area contributed by atoms with Crippen LogP contribution >= 0.6 is 0 Å². The van der Waals surface area contributed by atoms with E-state index in [4.69, 9.17) is 18.9 Å². The van der Waals surface area contributed by atoms with Crippen molar-refractivity contribution in [1.82, 2.24) is 0 Å². The molecule has 8 heteroatoms. The third kappa shape index (κ3) is 14.4. The molecule has 0 heterocycles. The van der Waals surface area contributed by atoms with Gasteiger partial charge in [-0.3, -0.25) is 0 Å². The first-order valence-electron chi connectivity index (χ1n) is 15.4. The molecule has 0 aromatic heterocycles. The fourth-order valence-corrected chi connectivity index (χ4v) is 4.55. The zero-order valence-corrected chi connectivity index (χ0v) is 27.8. The number of benzene rings is 2. The molecule has 248 valence electrons. The predicted molar refractivity (Wildman–Crippen MR) is 176 cm³/mol. The number of allylic oxidation sites excluding steroid dienone is 2. The highest BCUT2D eigenvalue weighted by Crippen LogP contribution is 2.20. The standard InChI is InChI=1S/2C18H28O4/c2*1-5-6-17(19)14(3)18(20)13(2)11-22-12-15-7-9-16(21-4)10-8-15/h2*5-10,13-14,17-20H,11-12H2,1-4H3/b2*6-5+/t2*13-,14-,17+,18-/m00/s1. The monoisotopic (exact) mass is 616 g/mol. The van der Waals surface area contributed by atoms with E-state index >= 15 is 0 Å². The molecule has 0 radical (unpaired) electrons. The summed E-state index contributed by atoms with van der Waals surface area (Å²) < 4.78 is 21.5. The lowest BCUT2D eigenvalue weighted by atomic mass is 9.89. The van der Waals surface area contributed by atoms with Crippen LogP contribution in [0.4, 0.5) is 0 Å². The minimum absolute atomic E-state index is 0.0480. The van der Waals surface area contributed by atoms with Crippen molar-refractivity contribution in [2.75, 3.05) is 27.4 Å². The van der Waals surface area contributed by atoms with Gasteiger partial charge in [-0.1, -0.05) is 76.3 Å². The number of methoxy groups -OCH3 is 2. The maximum Gasteiger partial charge on any atom is 0.118 e. The minimum Gasteiger partial charge on any atom is -0.497 e. The van der Waals surface area contributed by atoms with Crippen LogP contribution in [0.15, 0.2) is 72.8 Å². The van der Waals surface area contributed by atoms with Gasteiger partial charge in [-0.25, -0.2) is 0 Å². The lowest BCUT2D eigenvalue weighted by Gasteiger charge is -2.27. The van der Waals surface area contributed by atoms with Crippen LogP contribution in [0.25, 0.3) is 0 Å². The Hall–Kier alpha value is -2.72. The summed E-state index contributed by atoms with van der Waals surface area (Å²) >= 11 is 0. The normalized spacial score (nSPS) is 17.2. The molecule has 8 atom stereocenters. The average molecular weight is 617 g/mol. The van der Waals surface area contributed by atoms with Gasteiger partial charge in [0.2, 0.25) is 0 Å². The van der Waals surface area contributed by atoms with Crippen molar-refractivity contribution in [3.05, 3.63) is 84.0 Å². The molecule has 0 aliphatic heterocycles. The van der Waals surface area contributed by atoms with Gasteiger partial charge in [0.15, 0.2) is 0 Å². The largest absolute Gasteiger partial charge is 0.497 e. The van der Waals surface area contributed by atoms with Gasteiger partial charge in [-0.2, -0.15) is 0 Å². The van der Waals surface area contributed by atoms with Crippen LogP contribution in [0.5, 0.6) is 11.5 Å². The highest BCUT2D eigenvalue weighted by molar-refractivity contribution is 5.27. The van der Waals surface area contributed by atoms with Crippen molar-refractivity contribution in [3.8, 4) is 11.5 Å². The van der Waals surface area contributed by atoms with E-state index in [-0.39, 0.29) is 23.7 Å². The topological polar surface area (TPSA) is 118 Å². The van der Waals surface area contributed by atoms with Crippen molar-refractivity contribution >= 4 is 0 Å². The molecule has 2 aromatic rings. The van der Waals surface area contributed by atoms with Crippen molar-refractivity contribution in [3.63, 3.8) is 0 Å². The van der Waals surface area contributed by atoms with E-state index in [1.807, 2.05) is 90.1 Å². The molecule has 4 N–H and O–H groups in total. The van der Waals surface area contributed by atoms with Gasteiger partial charge in [0.05, 0.1) is 65.1 Å². The van der Waals surface area contributed by atoms with Crippen molar-refractivity contribution in [1.29, 1.82) is 0 Å². The Bertz CT molecular complexity index is 967. The highest BCUT2D eigenvalue weighted by atomic mass is 16.5. The van der Waals surface area contributed by atoms with Crippen LogP contribution in [0.1, 0.15) is 52.7 Å². The summed E-state index contributed by atoms with van der Waals surface area (Å²) in [6, 6.07) is 15.4. The van der Waals surface area contributed by atoms with E-state index in [1.54, 1.807) is 38.5 Å². The van der Waals surface area contributed by atoms with E-state index in [1.165, 1.54) is 0 Å². The Kier molecular flexibility index (Phi) is 19.6. The summed E-state index contributed by atoms with van der Waals surface area (Å²) in [5.41, 5.74) is 2.12. The number of ether oxygens (including phenoxy) is 4. The summed E-state index contributed by atoms with van der Waals surface area (Å²) in [6.45, 7) is 13.1. The summed E-state index contributed by atoms with van der Waals surface area (Å²) in [5, 5.41) is 40.3. The van der Waals surface area contributed by atoms with Gasteiger partial charge >= 0.3 is 0 Å². The van der Waals surface area contributed by atoms with E-state index in [0.29, 0.717) is 26.4 Å². The second kappa shape index (κ2) is 21.9. The van der Waals surface area contributed by atoms with Gasteiger partial charge in [0.25, 0.3) is 0 Å². The van der Waals surface area contributed by atoms with Crippen LogP contribution in [0.2, 0.25) is 0 Å². The number of aliphatic hydroxyl groups excluding tert-OH is 4. The first-order valence-corrected chi connectivity index (χ1v) is 15.4. The first-order chi connectivity index (χ1) is 21.0. The summed E-state index contributed by atoms with van der Waals surface area (Å²) in [7, 11) is 3.27. The van der Waals surface area contributed by atoms with Crippen molar-refractivity contribution in [2.45, 2.75) is 79.2 Å². The Morgan fingerprint density at radius 1 is 0.568 bits per heavy atom. The predicted octanol–water partition coefficient (Wildman–Crippen LogP) is 5.56. The van der Waals surface area contributed by atoms with E-state index in [9.17, 15) is 20.4 Å². The van der Waals surface area contributed by atoms with Gasteiger partial charge < -0.3 is 39.4 Å². The van der Waals surface area contributed by atoms with E-state index in [2.05, 4.69) is 0 Å². The maximum atomic E-state index is 10.3. The molecular weight excluding hydrogens is 560 g/mol. The third-order valence-corrected chi connectivity index (χ3v) is 7.72. The summed E-state index contributed by atoms with van der Waals surface area (Å²) in [6.07, 6.45) is 4.48. The van der Waals surface area contributed by atoms with Crippen LogP contribution in [0.3, 0.4) is 0 Å². The molecule has 0 spiro atoms. The average Bonchev–Trinajstić information content (AvgIpc) is 3.04. The van der Waals surface area contributed by atoms with Gasteiger partial charge in [0, 0.05) is 23.7 Å². The molecule has 0 bridgehead atoms. The lowest BCUT2D eigenvalue weighted by molar-refractivity contribution is -0.0233. The molecule has 0 saturated heterocycles. The molecular formula is C36H56O8. The van der Waals surface area contributed by atoms with Gasteiger partial charge in [-0.05, 0) is 49.2 Å². The molecule has 0 aliphatic carbocycles. The highest BCUT2D eigenvalue weighted by Gasteiger charge is 2.26. The second-order valence-corrected chi connectivity index (χ2v) is 11.4. The van der Waals surface area contributed by atoms with E-state index in [0.717, 1.165) is 22.6 Å². The molecule has 0 saturated carbocycles. The summed E-state index contributed by atoms with van der Waals surface area (Å²) in [5.74, 6) is 1.09. The molecule has 44 heavy (non-hydrogen) atoms. The number of aliphatic hydroxyl groups is 4. The first kappa shape index (κ1) is 39.3. The summed E-state index contributed by atoms with van der Waals surface area (Å²) in [4.78, 5) is 0. The molecule has 0 aliphatic rings. The molecule has 0 amide bonds. The lowest BCUT2D eigenvalue weighted by Crippen LogP contribution is -2.35.